The molecule has 0 atom stereocenters. The number of nitrogens with one attached hydrogen (secondary N) is 2. The summed E-state index contributed by atoms with van der Waals surface area (Å²) in [5.74, 6) is 1.23. The second kappa shape index (κ2) is 11.2. The van der Waals surface area contributed by atoms with Crippen LogP contribution in [0, 0.1) is 0 Å². The molecule has 1 aromatic carbocycles. The molecule has 1 aromatic rings. The highest BCUT2D eigenvalue weighted by molar-refractivity contribution is 5.48. The highest BCUT2D eigenvalue weighted by atomic mass is 16.6. The minimum atomic E-state index is -0.228. The standard InChI is InChI=1S/C15H22N2O3/c18-12-15(19)8-11-16-9-4-5-10-17-20-13-14-6-2-1-3-7-14/h1-3,6-7,16-17,19H,4-5,8-11,13H2. The number of carbonyl (C=O) groups excluding carboxylic acids is 1. The zero-order chi connectivity index (χ0) is 14.5. The van der Waals surface area contributed by atoms with E-state index in [1.807, 2.05) is 30.3 Å². The molecule has 5 nitrogen and oxygen atoms in total. The van der Waals surface area contributed by atoms with Crippen molar-refractivity contribution >= 4 is 5.94 Å². The van der Waals surface area contributed by atoms with Gasteiger partial charge in [0.1, 0.15) is 0 Å². The van der Waals surface area contributed by atoms with E-state index in [0.717, 1.165) is 31.5 Å². The van der Waals surface area contributed by atoms with Crippen molar-refractivity contribution in [1.82, 2.24) is 10.8 Å². The first-order valence-electron chi connectivity index (χ1n) is 6.85. The third kappa shape index (κ3) is 8.45. The van der Waals surface area contributed by atoms with Gasteiger partial charge in [-0.05, 0) is 24.9 Å². The van der Waals surface area contributed by atoms with Gasteiger partial charge in [-0.25, -0.2) is 10.3 Å². The maximum absolute atomic E-state index is 10.0. The fourth-order valence-electron chi connectivity index (χ4n) is 1.61. The third-order valence-corrected chi connectivity index (χ3v) is 2.72. The Hall–Kier alpha value is -1.65. The van der Waals surface area contributed by atoms with Crippen LogP contribution in [0.5, 0.6) is 0 Å². The number of aliphatic hydroxyl groups is 1. The van der Waals surface area contributed by atoms with E-state index in [1.165, 1.54) is 5.94 Å². The topological polar surface area (TPSA) is 70.6 Å². The lowest BCUT2D eigenvalue weighted by molar-refractivity contribution is 0.0273. The Morgan fingerprint density at radius 3 is 2.65 bits per heavy atom. The van der Waals surface area contributed by atoms with Crippen LogP contribution < -0.4 is 10.8 Å². The van der Waals surface area contributed by atoms with E-state index >= 15 is 0 Å². The van der Waals surface area contributed by atoms with Gasteiger partial charge in [0.2, 0.25) is 0 Å². The van der Waals surface area contributed by atoms with Crippen LogP contribution in [0.2, 0.25) is 0 Å². The quantitative estimate of drug-likeness (QED) is 0.249. The molecule has 0 unspecified atom stereocenters. The Balaban J connectivity index is 1.84. The molecule has 0 bridgehead atoms. The van der Waals surface area contributed by atoms with Crippen LogP contribution in [0.4, 0.5) is 0 Å². The molecule has 0 saturated carbocycles. The lowest BCUT2D eigenvalue weighted by Gasteiger charge is -2.06. The first-order valence-corrected chi connectivity index (χ1v) is 6.85. The Morgan fingerprint density at radius 2 is 1.90 bits per heavy atom. The van der Waals surface area contributed by atoms with E-state index < -0.39 is 0 Å². The Labute approximate surface area is 119 Å². The van der Waals surface area contributed by atoms with Crippen molar-refractivity contribution in [2.45, 2.75) is 25.9 Å². The predicted molar refractivity (Wildman–Crippen MR) is 77.8 cm³/mol. The fourth-order valence-corrected chi connectivity index (χ4v) is 1.61. The van der Waals surface area contributed by atoms with Crippen LogP contribution in [0.25, 0.3) is 0 Å². The van der Waals surface area contributed by atoms with Crippen molar-refractivity contribution < 1.29 is 14.7 Å². The number of hydrogen-bond acceptors (Lipinski definition) is 5. The van der Waals surface area contributed by atoms with Crippen LogP contribution >= 0.6 is 0 Å². The predicted octanol–water partition coefficient (Wildman–Crippen LogP) is 1.74. The molecule has 5 heteroatoms. The second-order valence-electron chi connectivity index (χ2n) is 4.42. The molecule has 0 amide bonds. The molecule has 0 aliphatic carbocycles. The van der Waals surface area contributed by atoms with Crippen LogP contribution in [-0.4, -0.2) is 30.7 Å². The van der Waals surface area contributed by atoms with Crippen molar-refractivity contribution in [3.8, 4) is 0 Å². The molecule has 0 saturated heterocycles. The largest absolute Gasteiger partial charge is 0.502 e. The number of hydrogen-bond donors (Lipinski definition) is 3. The Morgan fingerprint density at radius 1 is 1.15 bits per heavy atom. The molecule has 20 heavy (non-hydrogen) atoms. The van der Waals surface area contributed by atoms with E-state index in [-0.39, 0.29) is 5.76 Å². The minimum absolute atomic E-state index is 0.228. The fraction of sp³-hybridized carbons (Fsp3) is 0.467. The summed E-state index contributed by atoms with van der Waals surface area (Å²) < 4.78 is 0. The van der Waals surface area contributed by atoms with E-state index in [4.69, 9.17) is 9.94 Å². The summed E-state index contributed by atoms with van der Waals surface area (Å²) in [6.07, 6.45) is 2.34. The summed E-state index contributed by atoms with van der Waals surface area (Å²) in [6, 6.07) is 10.0. The Bertz CT molecular complexity index is 403. The smallest absolute Gasteiger partial charge is 0.178 e. The van der Waals surface area contributed by atoms with Gasteiger partial charge in [0.15, 0.2) is 11.7 Å². The zero-order valence-electron chi connectivity index (χ0n) is 11.6. The minimum Gasteiger partial charge on any atom is -0.502 e. The van der Waals surface area contributed by atoms with E-state index in [2.05, 4.69) is 10.8 Å². The highest BCUT2D eigenvalue weighted by Gasteiger charge is 1.94. The molecular weight excluding hydrogens is 256 g/mol. The normalized spacial score (nSPS) is 10.2. The molecule has 1 rings (SSSR count). The molecule has 0 radical (unpaired) electrons. The lowest BCUT2D eigenvalue weighted by Crippen LogP contribution is -2.20. The van der Waals surface area contributed by atoms with Gasteiger partial charge in [-0.1, -0.05) is 30.3 Å². The van der Waals surface area contributed by atoms with Crippen molar-refractivity contribution in [1.29, 1.82) is 0 Å². The van der Waals surface area contributed by atoms with Crippen molar-refractivity contribution in [3.63, 3.8) is 0 Å². The number of benzene rings is 1. The summed E-state index contributed by atoms with van der Waals surface area (Å²) in [7, 11) is 0. The summed E-state index contributed by atoms with van der Waals surface area (Å²) in [5.41, 5.74) is 4.07. The molecule has 0 aromatic heterocycles. The van der Waals surface area contributed by atoms with Gasteiger partial charge < -0.3 is 10.4 Å². The summed E-state index contributed by atoms with van der Waals surface area (Å²) in [4.78, 5) is 15.4. The van der Waals surface area contributed by atoms with E-state index in [1.54, 1.807) is 0 Å². The van der Waals surface area contributed by atoms with Gasteiger partial charge in [0.25, 0.3) is 0 Å². The van der Waals surface area contributed by atoms with Crippen molar-refractivity contribution in [2.75, 3.05) is 19.6 Å². The zero-order valence-corrected chi connectivity index (χ0v) is 11.6. The summed E-state index contributed by atoms with van der Waals surface area (Å²) in [6.45, 7) is 2.82. The summed E-state index contributed by atoms with van der Waals surface area (Å²) >= 11 is 0. The monoisotopic (exact) mass is 278 g/mol. The van der Waals surface area contributed by atoms with Crippen molar-refractivity contribution in [3.05, 3.63) is 41.7 Å². The maximum atomic E-state index is 10.0. The summed E-state index contributed by atoms with van der Waals surface area (Å²) in [5, 5.41) is 12.0. The SMILES string of the molecule is O=C=C(O)CCNCCCCNOCc1ccccc1. The van der Waals surface area contributed by atoms with Crippen LogP contribution in [-0.2, 0) is 16.2 Å². The van der Waals surface area contributed by atoms with Crippen LogP contribution in [0.1, 0.15) is 24.8 Å². The number of hydroxylamine groups is 1. The van der Waals surface area contributed by atoms with Gasteiger partial charge >= 0.3 is 0 Å². The van der Waals surface area contributed by atoms with Crippen LogP contribution in [0.15, 0.2) is 36.1 Å². The molecule has 0 aliphatic heterocycles. The molecule has 0 spiro atoms. The molecule has 110 valence electrons. The second-order valence-corrected chi connectivity index (χ2v) is 4.42. The molecule has 0 aliphatic rings. The van der Waals surface area contributed by atoms with Gasteiger partial charge in [-0.15, -0.1) is 0 Å². The number of aliphatic hydroxyl groups excluding tert-OH is 1. The highest BCUT2D eigenvalue weighted by Crippen LogP contribution is 1.99. The lowest BCUT2D eigenvalue weighted by atomic mass is 10.2. The van der Waals surface area contributed by atoms with E-state index in [0.29, 0.717) is 19.6 Å². The molecule has 3 N–H and O–H groups in total. The molecule has 0 heterocycles. The first-order chi connectivity index (χ1) is 9.83. The molecular formula is C15H22N2O3. The van der Waals surface area contributed by atoms with Crippen molar-refractivity contribution in [2.24, 2.45) is 0 Å². The Kier molecular flexibility index (Phi) is 9.19. The average molecular weight is 278 g/mol. The number of rotatable bonds is 11. The third-order valence-electron chi connectivity index (χ3n) is 2.72. The maximum Gasteiger partial charge on any atom is 0.178 e. The number of unbranched alkanes of at least 4 members (excludes halogenated alkanes) is 1. The van der Waals surface area contributed by atoms with Gasteiger partial charge in [-0.2, -0.15) is 0 Å². The average Bonchev–Trinajstić information content (AvgIpc) is 2.50. The van der Waals surface area contributed by atoms with Gasteiger partial charge in [0.05, 0.1) is 6.61 Å². The first kappa shape index (κ1) is 16.4. The molecule has 0 fully saturated rings. The van der Waals surface area contributed by atoms with Gasteiger partial charge in [-0.3, -0.25) is 4.84 Å². The van der Waals surface area contributed by atoms with Gasteiger partial charge in [0, 0.05) is 19.5 Å². The van der Waals surface area contributed by atoms with E-state index in [9.17, 15) is 4.79 Å². The van der Waals surface area contributed by atoms with Crippen LogP contribution in [0.3, 0.4) is 0 Å².